The molecule has 1 unspecified atom stereocenters. The molecule has 3 N–H and O–H groups in total. The maximum Gasteiger partial charge on any atom is 0.188 e. The summed E-state index contributed by atoms with van der Waals surface area (Å²) >= 11 is 0. The van der Waals surface area contributed by atoms with Crippen LogP contribution in [0.2, 0.25) is 0 Å². The van der Waals surface area contributed by atoms with Crippen molar-refractivity contribution in [3.05, 3.63) is 0 Å². The van der Waals surface area contributed by atoms with Crippen molar-refractivity contribution in [3.8, 4) is 0 Å². The molecule has 1 atom stereocenters. The van der Waals surface area contributed by atoms with Gasteiger partial charge < -0.3 is 20.5 Å². The predicted molar refractivity (Wildman–Crippen MR) is 64.6 cm³/mol. The number of hydrogen-bond donors (Lipinski definition) is 2. The third kappa shape index (κ3) is 4.81. The summed E-state index contributed by atoms with van der Waals surface area (Å²) in [7, 11) is 1.67. The molecule has 0 spiro atoms. The van der Waals surface area contributed by atoms with Crippen LogP contribution in [0.4, 0.5) is 0 Å². The van der Waals surface area contributed by atoms with Crippen molar-refractivity contribution in [1.29, 1.82) is 0 Å². The van der Waals surface area contributed by atoms with Crippen LogP contribution in [-0.2, 0) is 9.47 Å². The quantitative estimate of drug-likeness (QED) is 0.532. The average molecular weight is 229 g/mol. The molecule has 1 rings (SSSR count). The Hall–Kier alpha value is -0.810. The highest BCUT2D eigenvalue weighted by Gasteiger charge is 2.17. The molecule has 0 aromatic carbocycles. The smallest absolute Gasteiger partial charge is 0.188 e. The van der Waals surface area contributed by atoms with Gasteiger partial charge in [0.1, 0.15) is 0 Å². The first-order chi connectivity index (χ1) is 7.53. The summed E-state index contributed by atoms with van der Waals surface area (Å²) in [5.41, 5.74) is 5.47. The number of rotatable bonds is 5. The maximum absolute atomic E-state index is 5.74. The van der Waals surface area contributed by atoms with Gasteiger partial charge in [0.2, 0.25) is 0 Å². The van der Waals surface area contributed by atoms with Gasteiger partial charge in [-0.3, -0.25) is 4.99 Å². The Morgan fingerprint density at radius 2 is 2.38 bits per heavy atom. The Labute approximate surface area is 97.4 Å². The van der Waals surface area contributed by atoms with Crippen LogP contribution >= 0.6 is 0 Å². The summed E-state index contributed by atoms with van der Waals surface area (Å²) < 4.78 is 10.7. The molecule has 0 aliphatic carbocycles. The van der Waals surface area contributed by atoms with E-state index < -0.39 is 0 Å². The molecule has 0 aromatic rings. The van der Waals surface area contributed by atoms with E-state index in [-0.39, 0.29) is 11.7 Å². The standard InChI is InChI=1S/C11H23N3O2/c1-11(2,15-3)8-14-10(12)13-7-9-5-4-6-16-9/h9H,4-8H2,1-3H3,(H3,12,13,14). The number of ether oxygens (including phenoxy) is 2. The Bertz CT molecular complexity index is 235. The van der Waals surface area contributed by atoms with E-state index in [9.17, 15) is 0 Å². The highest BCUT2D eigenvalue weighted by molar-refractivity contribution is 5.77. The van der Waals surface area contributed by atoms with Crippen LogP contribution in [-0.4, -0.2) is 44.5 Å². The molecule has 0 amide bonds. The highest BCUT2D eigenvalue weighted by Crippen LogP contribution is 2.10. The molecule has 0 saturated carbocycles. The number of guanidine groups is 1. The number of nitrogens with zero attached hydrogens (tertiary/aromatic N) is 1. The van der Waals surface area contributed by atoms with Gasteiger partial charge in [-0.2, -0.15) is 0 Å². The molecule has 0 radical (unpaired) electrons. The fraction of sp³-hybridized carbons (Fsp3) is 0.909. The number of hydrogen-bond acceptors (Lipinski definition) is 3. The Morgan fingerprint density at radius 3 is 2.94 bits per heavy atom. The minimum absolute atomic E-state index is 0.268. The number of nitrogens with two attached hydrogens (primary N) is 1. The first-order valence-electron chi connectivity index (χ1n) is 5.74. The molecule has 1 fully saturated rings. The molecule has 1 heterocycles. The normalized spacial score (nSPS) is 22.4. The van der Waals surface area contributed by atoms with Crippen molar-refractivity contribution in [2.75, 3.05) is 26.8 Å². The summed E-state index contributed by atoms with van der Waals surface area (Å²) in [6.45, 7) is 6.10. The second-order valence-electron chi connectivity index (χ2n) is 4.68. The topological polar surface area (TPSA) is 68.9 Å². The zero-order valence-electron chi connectivity index (χ0n) is 10.5. The van der Waals surface area contributed by atoms with Crippen molar-refractivity contribution in [1.82, 2.24) is 5.32 Å². The molecular weight excluding hydrogens is 206 g/mol. The number of nitrogens with one attached hydrogen (secondary N) is 1. The molecular formula is C11H23N3O2. The molecule has 0 aromatic heterocycles. The van der Waals surface area contributed by atoms with Gasteiger partial charge in [0, 0.05) is 20.3 Å². The van der Waals surface area contributed by atoms with Crippen molar-refractivity contribution in [2.45, 2.75) is 38.4 Å². The van der Waals surface area contributed by atoms with Crippen molar-refractivity contribution in [3.63, 3.8) is 0 Å². The van der Waals surface area contributed by atoms with E-state index in [1.165, 1.54) is 0 Å². The molecule has 16 heavy (non-hydrogen) atoms. The fourth-order valence-electron chi connectivity index (χ4n) is 1.42. The highest BCUT2D eigenvalue weighted by atomic mass is 16.5. The zero-order chi connectivity index (χ0) is 12.0. The van der Waals surface area contributed by atoms with Crippen molar-refractivity contribution in [2.24, 2.45) is 10.7 Å². The van der Waals surface area contributed by atoms with E-state index >= 15 is 0 Å². The summed E-state index contributed by atoms with van der Waals surface area (Å²) in [5.74, 6) is 0.459. The van der Waals surface area contributed by atoms with Gasteiger partial charge in [-0.1, -0.05) is 0 Å². The summed E-state index contributed by atoms with van der Waals surface area (Å²) in [6, 6.07) is 0. The Morgan fingerprint density at radius 1 is 1.62 bits per heavy atom. The van der Waals surface area contributed by atoms with Crippen LogP contribution in [0.3, 0.4) is 0 Å². The van der Waals surface area contributed by atoms with Crippen molar-refractivity contribution >= 4 is 5.96 Å². The van der Waals surface area contributed by atoms with Crippen LogP contribution in [0.1, 0.15) is 26.7 Å². The molecule has 94 valence electrons. The Balaban J connectivity index is 2.22. The monoisotopic (exact) mass is 229 g/mol. The number of methoxy groups -OCH3 is 1. The summed E-state index contributed by atoms with van der Waals surface area (Å²) in [4.78, 5) is 4.23. The van der Waals surface area contributed by atoms with E-state index in [1.54, 1.807) is 7.11 Å². The molecule has 5 nitrogen and oxygen atoms in total. The fourth-order valence-corrected chi connectivity index (χ4v) is 1.42. The molecule has 1 saturated heterocycles. The summed E-state index contributed by atoms with van der Waals surface area (Å²) in [5, 5.41) is 3.07. The molecule has 1 aliphatic rings. The van der Waals surface area contributed by atoms with Gasteiger partial charge in [0.25, 0.3) is 0 Å². The molecule has 5 heteroatoms. The molecule has 0 bridgehead atoms. The molecule has 1 aliphatic heterocycles. The first-order valence-corrected chi connectivity index (χ1v) is 5.74. The second-order valence-corrected chi connectivity index (χ2v) is 4.68. The van der Waals surface area contributed by atoms with Gasteiger partial charge in [0.05, 0.1) is 18.2 Å². The number of aliphatic imine (C=N–C) groups is 1. The van der Waals surface area contributed by atoms with Crippen LogP contribution in [0, 0.1) is 0 Å². The minimum Gasteiger partial charge on any atom is -0.377 e. The third-order valence-corrected chi connectivity index (χ3v) is 2.72. The van der Waals surface area contributed by atoms with Gasteiger partial charge in [-0.25, -0.2) is 0 Å². The van der Waals surface area contributed by atoms with E-state index in [2.05, 4.69) is 10.3 Å². The predicted octanol–water partition coefficient (Wildman–Crippen LogP) is 0.495. The van der Waals surface area contributed by atoms with Gasteiger partial charge in [-0.15, -0.1) is 0 Å². The average Bonchev–Trinajstić information content (AvgIpc) is 2.76. The SMILES string of the molecule is COC(C)(C)CN=C(N)NCC1CCCO1. The van der Waals surface area contributed by atoms with E-state index in [0.29, 0.717) is 12.5 Å². The summed E-state index contributed by atoms with van der Waals surface area (Å²) in [6.07, 6.45) is 2.52. The second kappa shape index (κ2) is 6.06. The van der Waals surface area contributed by atoms with Crippen LogP contribution in [0.15, 0.2) is 4.99 Å². The maximum atomic E-state index is 5.74. The van der Waals surface area contributed by atoms with E-state index in [1.807, 2.05) is 13.8 Å². The van der Waals surface area contributed by atoms with Gasteiger partial charge >= 0.3 is 0 Å². The lowest BCUT2D eigenvalue weighted by molar-refractivity contribution is 0.0311. The van der Waals surface area contributed by atoms with Crippen LogP contribution < -0.4 is 11.1 Å². The van der Waals surface area contributed by atoms with E-state index in [4.69, 9.17) is 15.2 Å². The van der Waals surface area contributed by atoms with Gasteiger partial charge in [-0.05, 0) is 26.7 Å². The third-order valence-electron chi connectivity index (χ3n) is 2.72. The van der Waals surface area contributed by atoms with Crippen molar-refractivity contribution < 1.29 is 9.47 Å². The first kappa shape index (κ1) is 13.3. The minimum atomic E-state index is -0.268. The van der Waals surface area contributed by atoms with Crippen LogP contribution in [0.5, 0.6) is 0 Å². The largest absolute Gasteiger partial charge is 0.377 e. The Kier molecular flexibility index (Phi) is 5.02. The van der Waals surface area contributed by atoms with E-state index in [0.717, 1.165) is 26.0 Å². The van der Waals surface area contributed by atoms with Crippen LogP contribution in [0.25, 0.3) is 0 Å². The lowest BCUT2D eigenvalue weighted by Crippen LogP contribution is -2.38. The van der Waals surface area contributed by atoms with Gasteiger partial charge in [0.15, 0.2) is 5.96 Å². The lowest BCUT2D eigenvalue weighted by atomic mass is 10.1. The zero-order valence-corrected chi connectivity index (χ0v) is 10.5. The lowest BCUT2D eigenvalue weighted by Gasteiger charge is -2.20.